The molecule has 2 unspecified atom stereocenters. The molecular formula is C15H27N3. The number of rotatable bonds is 1. The lowest BCUT2D eigenvalue weighted by molar-refractivity contribution is 0.188. The molecule has 1 heterocycles. The van der Waals surface area contributed by atoms with Crippen molar-refractivity contribution in [1.82, 2.24) is 4.90 Å². The highest BCUT2D eigenvalue weighted by atomic mass is 15.3. The molecule has 0 spiro atoms. The van der Waals surface area contributed by atoms with Gasteiger partial charge in [-0.25, -0.2) is 4.99 Å². The molecule has 0 aromatic heterocycles. The van der Waals surface area contributed by atoms with Gasteiger partial charge >= 0.3 is 0 Å². The van der Waals surface area contributed by atoms with Gasteiger partial charge in [0.05, 0.1) is 6.04 Å². The molecule has 3 nitrogen and oxygen atoms in total. The van der Waals surface area contributed by atoms with Crippen LogP contribution in [-0.2, 0) is 0 Å². The van der Waals surface area contributed by atoms with Crippen molar-refractivity contribution < 1.29 is 0 Å². The second kappa shape index (κ2) is 5.50. The minimum Gasteiger partial charge on any atom is -0.370 e. The van der Waals surface area contributed by atoms with Crippen molar-refractivity contribution in [1.29, 1.82) is 0 Å². The zero-order valence-electron chi connectivity index (χ0n) is 11.5. The van der Waals surface area contributed by atoms with Crippen molar-refractivity contribution in [2.75, 3.05) is 6.54 Å². The molecule has 102 valence electrons. The van der Waals surface area contributed by atoms with E-state index >= 15 is 0 Å². The summed E-state index contributed by atoms with van der Waals surface area (Å²) >= 11 is 0. The lowest BCUT2D eigenvalue weighted by atomic mass is 9.92. The molecule has 2 atom stereocenters. The number of piperidine rings is 1. The first kappa shape index (κ1) is 12.3. The van der Waals surface area contributed by atoms with Crippen LogP contribution in [0.15, 0.2) is 4.99 Å². The van der Waals surface area contributed by atoms with Crippen LogP contribution < -0.4 is 5.73 Å². The highest BCUT2D eigenvalue weighted by Crippen LogP contribution is 2.36. The van der Waals surface area contributed by atoms with E-state index in [1.54, 1.807) is 0 Å². The first-order valence-electron chi connectivity index (χ1n) is 7.94. The van der Waals surface area contributed by atoms with E-state index < -0.39 is 0 Å². The van der Waals surface area contributed by atoms with Gasteiger partial charge < -0.3 is 10.6 Å². The molecule has 0 aromatic rings. The number of likely N-dealkylation sites (tertiary alicyclic amines) is 1. The Bertz CT molecular complexity index is 307. The summed E-state index contributed by atoms with van der Waals surface area (Å²) < 4.78 is 0. The minimum atomic E-state index is 0.514. The van der Waals surface area contributed by atoms with E-state index in [0.29, 0.717) is 12.1 Å². The normalized spacial score (nSPS) is 34.7. The first-order valence-corrected chi connectivity index (χ1v) is 7.94. The quantitative estimate of drug-likeness (QED) is 0.573. The van der Waals surface area contributed by atoms with Crippen LogP contribution in [0.2, 0.25) is 0 Å². The van der Waals surface area contributed by atoms with Crippen molar-refractivity contribution in [2.24, 2.45) is 16.6 Å². The molecule has 0 bridgehead atoms. The second-order valence-corrected chi connectivity index (χ2v) is 6.37. The number of nitrogens with zero attached hydrogens (tertiary/aromatic N) is 2. The fourth-order valence-electron chi connectivity index (χ4n) is 4.21. The third-order valence-electron chi connectivity index (χ3n) is 5.18. The number of hydrogen-bond donors (Lipinski definition) is 1. The standard InChI is InChI=1S/C15H27N3/c16-15(17-13-8-2-1-3-9-13)18-11-5-7-12-6-4-10-14(12)18/h12-14H,1-11H2,(H2,16,17). The van der Waals surface area contributed by atoms with Gasteiger partial charge in [-0.1, -0.05) is 25.7 Å². The van der Waals surface area contributed by atoms with Gasteiger partial charge in [0.1, 0.15) is 0 Å². The Labute approximate surface area is 111 Å². The number of hydrogen-bond acceptors (Lipinski definition) is 1. The number of nitrogens with two attached hydrogens (primary N) is 1. The molecule has 3 rings (SSSR count). The van der Waals surface area contributed by atoms with E-state index in [4.69, 9.17) is 10.7 Å². The van der Waals surface area contributed by atoms with Crippen molar-refractivity contribution in [2.45, 2.75) is 76.3 Å². The Morgan fingerprint density at radius 2 is 1.67 bits per heavy atom. The third-order valence-corrected chi connectivity index (χ3v) is 5.18. The van der Waals surface area contributed by atoms with Gasteiger partial charge in [-0.05, 0) is 44.4 Å². The molecule has 3 aliphatic rings. The fourth-order valence-corrected chi connectivity index (χ4v) is 4.21. The zero-order valence-corrected chi connectivity index (χ0v) is 11.5. The molecule has 1 aliphatic heterocycles. The molecule has 3 fully saturated rings. The van der Waals surface area contributed by atoms with Gasteiger partial charge in [-0.3, -0.25) is 0 Å². The maximum atomic E-state index is 6.31. The fraction of sp³-hybridized carbons (Fsp3) is 0.933. The minimum absolute atomic E-state index is 0.514. The first-order chi connectivity index (χ1) is 8.84. The summed E-state index contributed by atoms with van der Waals surface area (Å²) in [6.45, 7) is 1.14. The van der Waals surface area contributed by atoms with Crippen LogP contribution in [0, 0.1) is 5.92 Å². The largest absolute Gasteiger partial charge is 0.370 e. The molecule has 1 saturated heterocycles. The number of aliphatic imine (C=N–C) groups is 1. The Balaban J connectivity index is 1.66. The summed E-state index contributed by atoms with van der Waals surface area (Å²) in [5.74, 6) is 1.76. The highest BCUT2D eigenvalue weighted by Gasteiger charge is 2.36. The van der Waals surface area contributed by atoms with Crippen LogP contribution in [0.5, 0.6) is 0 Å². The van der Waals surface area contributed by atoms with Crippen LogP contribution in [-0.4, -0.2) is 29.5 Å². The number of guanidine groups is 1. The summed E-state index contributed by atoms with van der Waals surface area (Å²) in [6.07, 6.45) is 13.4. The molecule has 0 amide bonds. The van der Waals surface area contributed by atoms with Crippen LogP contribution in [0.1, 0.15) is 64.2 Å². The van der Waals surface area contributed by atoms with Crippen LogP contribution in [0.4, 0.5) is 0 Å². The van der Waals surface area contributed by atoms with Crippen LogP contribution in [0.3, 0.4) is 0 Å². The molecule has 0 radical (unpaired) electrons. The maximum Gasteiger partial charge on any atom is 0.191 e. The second-order valence-electron chi connectivity index (χ2n) is 6.37. The topological polar surface area (TPSA) is 41.6 Å². The average molecular weight is 249 g/mol. The predicted molar refractivity (Wildman–Crippen MR) is 75.6 cm³/mol. The average Bonchev–Trinajstić information content (AvgIpc) is 2.87. The predicted octanol–water partition coefficient (Wildman–Crippen LogP) is 2.90. The summed E-state index contributed by atoms with van der Waals surface area (Å²) in [5, 5.41) is 0. The van der Waals surface area contributed by atoms with E-state index in [1.165, 1.54) is 64.2 Å². The molecule has 0 aromatic carbocycles. The highest BCUT2D eigenvalue weighted by molar-refractivity contribution is 5.78. The Morgan fingerprint density at radius 3 is 2.50 bits per heavy atom. The van der Waals surface area contributed by atoms with Gasteiger partial charge in [0.25, 0.3) is 0 Å². The SMILES string of the molecule is NC(=NC1CCCCC1)N1CCCC2CCCC21. The molecule has 2 aliphatic carbocycles. The van der Waals surface area contributed by atoms with Crippen LogP contribution >= 0.6 is 0 Å². The lowest BCUT2D eigenvalue weighted by Crippen LogP contribution is -2.50. The van der Waals surface area contributed by atoms with E-state index in [0.717, 1.165) is 18.4 Å². The summed E-state index contributed by atoms with van der Waals surface area (Å²) in [5.41, 5.74) is 6.31. The van der Waals surface area contributed by atoms with Crippen molar-refractivity contribution in [3.05, 3.63) is 0 Å². The molecule has 2 saturated carbocycles. The third kappa shape index (κ3) is 2.50. The summed E-state index contributed by atoms with van der Waals surface area (Å²) in [4.78, 5) is 7.28. The van der Waals surface area contributed by atoms with E-state index in [-0.39, 0.29) is 0 Å². The Hall–Kier alpha value is -0.730. The molecule has 2 N–H and O–H groups in total. The zero-order chi connectivity index (χ0) is 12.4. The molecule has 18 heavy (non-hydrogen) atoms. The monoisotopic (exact) mass is 249 g/mol. The van der Waals surface area contributed by atoms with Gasteiger partial charge in [0.2, 0.25) is 0 Å². The smallest absolute Gasteiger partial charge is 0.191 e. The van der Waals surface area contributed by atoms with Gasteiger partial charge in [0.15, 0.2) is 5.96 Å². The molecule has 3 heteroatoms. The van der Waals surface area contributed by atoms with Crippen molar-refractivity contribution >= 4 is 5.96 Å². The molecular weight excluding hydrogens is 222 g/mol. The van der Waals surface area contributed by atoms with Gasteiger partial charge in [-0.2, -0.15) is 0 Å². The lowest BCUT2D eigenvalue weighted by Gasteiger charge is -2.39. The number of fused-ring (bicyclic) bond motifs is 1. The van der Waals surface area contributed by atoms with Gasteiger partial charge in [0, 0.05) is 12.6 Å². The summed E-state index contributed by atoms with van der Waals surface area (Å²) in [7, 11) is 0. The summed E-state index contributed by atoms with van der Waals surface area (Å²) in [6, 6.07) is 1.23. The Kier molecular flexibility index (Phi) is 3.76. The Morgan fingerprint density at radius 1 is 0.889 bits per heavy atom. The van der Waals surface area contributed by atoms with E-state index in [2.05, 4.69) is 4.90 Å². The van der Waals surface area contributed by atoms with Crippen molar-refractivity contribution in [3.8, 4) is 0 Å². The van der Waals surface area contributed by atoms with Gasteiger partial charge in [-0.15, -0.1) is 0 Å². The van der Waals surface area contributed by atoms with E-state index in [9.17, 15) is 0 Å². The van der Waals surface area contributed by atoms with Crippen LogP contribution in [0.25, 0.3) is 0 Å². The van der Waals surface area contributed by atoms with Crippen molar-refractivity contribution in [3.63, 3.8) is 0 Å². The van der Waals surface area contributed by atoms with E-state index in [1.807, 2.05) is 0 Å². The maximum absolute atomic E-state index is 6.31.